The van der Waals surface area contributed by atoms with Crippen LogP contribution in [0.4, 0.5) is 5.69 Å². The fourth-order valence-electron chi connectivity index (χ4n) is 3.55. The average molecular weight is 450 g/mol. The van der Waals surface area contributed by atoms with E-state index in [0.29, 0.717) is 22.7 Å². The first kappa shape index (κ1) is 23.4. The zero-order valence-electron chi connectivity index (χ0n) is 19.1. The number of hydrogen-bond donors (Lipinski definition) is 1. The minimum absolute atomic E-state index is 0.187. The van der Waals surface area contributed by atoms with Crippen LogP contribution in [0.2, 0.25) is 5.02 Å². The molecule has 1 heterocycles. The van der Waals surface area contributed by atoms with Crippen LogP contribution in [0.15, 0.2) is 54.9 Å². The molecule has 1 N–H and O–H groups in total. The lowest BCUT2D eigenvalue weighted by Crippen LogP contribution is -2.15. The number of anilines is 1. The van der Waals surface area contributed by atoms with Crippen molar-refractivity contribution in [1.82, 2.24) is 9.88 Å². The summed E-state index contributed by atoms with van der Waals surface area (Å²) in [5.41, 5.74) is 6.61. The molecular weight excluding hydrogens is 422 g/mol. The molecule has 0 aliphatic heterocycles. The van der Waals surface area contributed by atoms with Crippen LogP contribution in [-0.2, 0) is 11.2 Å². The molecule has 32 heavy (non-hydrogen) atoms. The second-order valence-corrected chi connectivity index (χ2v) is 8.40. The highest BCUT2D eigenvalue weighted by Crippen LogP contribution is 2.41. The lowest BCUT2D eigenvalue weighted by molar-refractivity contribution is -0.106. The molecule has 0 radical (unpaired) electrons. The van der Waals surface area contributed by atoms with Gasteiger partial charge in [-0.15, -0.1) is 0 Å². The molecular formula is C26H28ClN3O2. The number of aryl methyl sites for hydroxylation is 3. The normalized spacial score (nSPS) is 11.1. The predicted octanol–water partition coefficient (Wildman–Crippen LogP) is 5.95. The van der Waals surface area contributed by atoms with Gasteiger partial charge in [0.1, 0.15) is 5.75 Å². The Morgan fingerprint density at radius 1 is 1.00 bits per heavy atom. The Bertz CT molecular complexity index is 1170. The summed E-state index contributed by atoms with van der Waals surface area (Å²) in [4.78, 5) is 19.3. The van der Waals surface area contributed by atoms with Crippen LogP contribution >= 0.6 is 11.6 Å². The Morgan fingerprint density at radius 2 is 1.69 bits per heavy atom. The van der Waals surface area contributed by atoms with Gasteiger partial charge in [-0.3, -0.25) is 14.7 Å². The van der Waals surface area contributed by atoms with E-state index in [4.69, 9.17) is 11.6 Å². The summed E-state index contributed by atoms with van der Waals surface area (Å²) in [6.45, 7) is 6.02. The van der Waals surface area contributed by atoms with E-state index in [0.717, 1.165) is 40.1 Å². The van der Waals surface area contributed by atoms with Crippen molar-refractivity contribution in [2.75, 3.05) is 19.0 Å². The van der Waals surface area contributed by atoms with Gasteiger partial charge in [0, 0.05) is 49.0 Å². The van der Waals surface area contributed by atoms with E-state index >= 15 is 0 Å². The maximum atomic E-state index is 11.6. The van der Waals surface area contributed by atoms with Crippen LogP contribution in [0, 0.1) is 13.8 Å². The number of benzene rings is 2. The van der Waals surface area contributed by atoms with Crippen LogP contribution in [0.5, 0.6) is 5.75 Å². The van der Waals surface area contributed by atoms with Crippen LogP contribution < -0.4 is 4.90 Å². The summed E-state index contributed by atoms with van der Waals surface area (Å²) in [7, 11) is 3.74. The minimum atomic E-state index is 0.187. The summed E-state index contributed by atoms with van der Waals surface area (Å²) >= 11 is 6.54. The van der Waals surface area contributed by atoms with Gasteiger partial charge in [-0.05, 0) is 73.4 Å². The summed E-state index contributed by atoms with van der Waals surface area (Å²) in [5.74, 6) is 0.187. The molecule has 0 aliphatic rings. The van der Waals surface area contributed by atoms with Gasteiger partial charge in [-0.1, -0.05) is 24.6 Å². The number of nitrogens with zero attached hydrogens (tertiary/aromatic N) is 3. The van der Waals surface area contributed by atoms with Gasteiger partial charge in [0.2, 0.25) is 6.41 Å². The molecule has 0 saturated heterocycles. The molecule has 0 unspecified atom stereocenters. The number of amides is 1. The fourth-order valence-corrected chi connectivity index (χ4v) is 3.83. The molecule has 0 spiro atoms. The Labute approximate surface area is 194 Å². The largest absolute Gasteiger partial charge is 0.507 e. The smallest absolute Gasteiger partial charge is 0.218 e. The second kappa shape index (κ2) is 9.88. The van der Waals surface area contributed by atoms with Crippen LogP contribution in [-0.4, -0.2) is 35.5 Å². The topological polar surface area (TPSA) is 56.7 Å². The van der Waals surface area contributed by atoms with Gasteiger partial charge in [0.25, 0.3) is 0 Å². The number of phenols is 1. The maximum absolute atomic E-state index is 11.6. The predicted molar refractivity (Wildman–Crippen MR) is 132 cm³/mol. The van der Waals surface area contributed by atoms with Crippen molar-refractivity contribution in [3.63, 3.8) is 0 Å². The van der Waals surface area contributed by atoms with Crippen molar-refractivity contribution in [1.29, 1.82) is 0 Å². The highest BCUT2D eigenvalue weighted by atomic mass is 35.5. The van der Waals surface area contributed by atoms with Gasteiger partial charge in [-0.25, -0.2) is 0 Å². The van der Waals surface area contributed by atoms with Crippen molar-refractivity contribution in [3.05, 3.63) is 76.8 Å². The van der Waals surface area contributed by atoms with E-state index in [9.17, 15) is 9.90 Å². The van der Waals surface area contributed by atoms with E-state index < -0.39 is 0 Å². The average Bonchev–Trinajstić information content (AvgIpc) is 2.75. The molecule has 0 aliphatic carbocycles. The van der Waals surface area contributed by atoms with Crippen molar-refractivity contribution in [2.45, 2.75) is 27.2 Å². The number of hydrogen-bond acceptors (Lipinski definition) is 4. The molecule has 0 fully saturated rings. The third-order valence-corrected chi connectivity index (χ3v) is 5.41. The quantitative estimate of drug-likeness (QED) is 0.453. The number of pyridine rings is 1. The fraction of sp³-hybridized carbons (Fsp3) is 0.231. The zero-order chi connectivity index (χ0) is 23.4. The van der Waals surface area contributed by atoms with Gasteiger partial charge in [0.15, 0.2) is 0 Å². The summed E-state index contributed by atoms with van der Waals surface area (Å²) in [6.07, 6.45) is 4.94. The molecule has 2 aromatic carbocycles. The van der Waals surface area contributed by atoms with E-state index in [1.807, 2.05) is 63.2 Å². The number of carbonyl (C=O) groups is 1. The maximum Gasteiger partial charge on any atom is 0.218 e. The molecule has 1 amide bonds. The first-order valence-electron chi connectivity index (χ1n) is 10.4. The number of aromatic nitrogens is 1. The van der Waals surface area contributed by atoms with Crippen LogP contribution in [0.1, 0.15) is 23.9 Å². The Morgan fingerprint density at radius 3 is 2.28 bits per heavy atom. The molecule has 0 bridgehead atoms. The van der Waals surface area contributed by atoms with Crippen LogP contribution in [0.25, 0.3) is 22.3 Å². The molecule has 166 valence electrons. The number of carbonyl (C=O) groups excluding carboxylic acids is 1. The first-order valence-corrected chi connectivity index (χ1v) is 10.8. The number of rotatable bonds is 7. The van der Waals surface area contributed by atoms with Crippen molar-refractivity contribution in [2.24, 2.45) is 0 Å². The van der Waals surface area contributed by atoms with Gasteiger partial charge in [0.05, 0.1) is 10.7 Å². The highest BCUT2D eigenvalue weighted by Gasteiger charge is 2.16. The number of halogens is 1. The van der Waals surface area contributed by atoms with Crippen LogP contribution in [0.3, 0.4) is 0 Å². The zero-order valence-corrected chi connectivity index (χ0v) is 19.8. The Kier molecular flexibility index (Phi) is 7.21. The Hall–Kier alpha value is -3.31. The van der Waals surface area contributed by atoms with E-state index in [1.165, 1.54) is 4.90 Å². The molecule has 3 rings (SSSR count). The molecule has 5 nitrogen and oxygen atoms in total. The van der Waals surface area contributed by atoms with Gasteiger partial charge >= 0.3 is 0 Å². The standard InChI is InChI=1S/C26H28ClN3O2/c1-6-21-14-20(13-18(3)28-21)23-12-17(2)11-22(26(23)32)19-7-8-25(24(27)15-19)30(16-31)10-9-29(4)5/h7-16,32H,6H2,1-5H3/b10-9-. The lowest BCUT2D eigenvalue weighted by Gasteiger charge is -2.17. The van der Waals surface area contributed by atoms with Crippen molar-refractivity contribution in [3.8, 4) is 28.0 Å². The molecule has 0 saturated carbocycles. The van der Waals surface area contributed by atoms with Gasteiger partial charge in [-0.2, -0.15) is 0 Å². The summed E-state index contributed by atoms with van der Waals surface area (Å²) in [6, 6.07) is 13.3. The lowest BCUT2D eigenvalue weighted by atomic mass is 9.94. The second-order valence-electron chi connectivity index (χ2n) is 7.99. The summed E-state index contributed by atoms with van der Waals surface area (Å²) in [5, 5.41) is 11.6. The number of phenolic OH excluding ortho intramolecular Hbond substituents is 1. The molecule has 0 atom stereocenters. The van der Waals surface area contributed by atoms with Crippen molar-refractivity contribution < 1.29 is 9.90 Å². The van der Waals surface area contributed by atoms with E-state index in [-0.39, 0.29) is 5.75 Å². The summed E-state index contributed by atoms with van der Waals surface area (Å²) < 4.78 is 0. The Balaban J connectivity index is 2.08. The molecule has 6 heteroatoms. The number of aromatic hydroxyl groups is 1. The molecule has 1 aromatic heterocycles. The first-order chi connectivity index (χ1) is 15.2. The third-order valence-electron chi connectivity index (χ3n) is 5.11. The molecule has 3 aromatic rings. The SMILES string of the molecule is CCc1cc(-c2cc(C)cc(-c3ccc(N(C=O)/C=C\N(C)C)c(Cl)c3)c2O)cc(C)n1. The van der Waals surface area contributed by atoms with E-state index in [2.05, 4.69) is 11.9 Å². The monoisotopic (exact) mass is 449 g/mol. The highest BCUT2D eigenvalue weighted by molar-refractivity contribution is 6.34. The third kappa shape index (κ3) is 5.11. The van der Waals surface area contributed by atoms with Gasteiger partial charge < -0.3 is 10.0 Å². The van der Waals surface area contributed by atoms with Crippen molar-refractivity contribution >= 4 is 23.7 Å². The minimum Gasteiger partial charge on any atom is -0.507 e. The van der Waals surface area contributed by atoms with E-state index in [1.54, 1.807) is 24.5 Å².